The summed E-state index contributed by atoms with van der Waals surface area (Å²) in [4.78, 5) is 7.92. The summed E-state index contributed by atoms with van der Waals surface area (Å²) < 4.78 is 5.64. The molecule has 3 nitrogen and oxygen atoms in total. The van der Waals surface area contributed by atoms with Crippen LogP contribution in [0.1, 0.15) is 11.1 Å². The predicted molar refractivity (Wildman–Crippen MR) is 63.0 cm³/mol. The van der Waals surface area contributed by atoms with Crippen LogP contribution in [0.3, 0.4) is 0 Å². The molecule has 0 saturated carbocycles. The highest BCUT2D eigenvalue weighted by atomic mass is 35.5. The molecule has 0 aliphatic rings. The molecule has 0 N–H and O–H groups in total. The fraction of sp³-hybridized carbons (Fsp3) is 0.167. The maximum Gasteiger partial charge on any atom is 0.226 e. The Bertz CT molecular complexity index is 514. The molecular formula is C12H11ClN2O. The molecule has 1 heterocycles. The van der Waals surface area contributed by atoms with Crippen molar-refractivity contribution in [3.05, 3.63) is 46.9 Å². The van der Waals surface area contributed by atoms with E-state index in [9.17, 15) is 0 Å². The van der Waals surface area contributed by atoms with E-state index in [2.05, 4.69) is 9.97 Å². The van der Waals surface area contributed by atoms with Gasteiger partial charge in [0.2, 0.25) is 5.88 Å². The second-order valence-corrected chi connectivity index (χ2v) is 3.87. The number of nitrogens with zero attached hydrogens (tertiary/aromatic N) is 2. The van der Waals surface area contributed by atoms with Gasteiger partial charge in [-0.05, 0) is 31.5 Å². The topological polar surface area (TPSA) is 35.0 Å². The highest BCUT2D eigenvalue weighted by Crippen LogP contribution is 2.25. The van der Waals surface area contributed by atoms with Crippen LogP contribution < -0.4 is 4.74 Å². The molecule has 16 heavy (non-hydrogen) atoms. The van der Waals surface area contributed by atoms with Crippen LogP contribution >= 0.6 is 11.6 Å². The number of benzene rings is 1. The zero-order valence-corrected chi connectivity index (χ0v) is 9.82. The van der Waals surface area contributed by atoms with Gasteiger partial charge in [-0.15, -0.1) is 0 Å². The van der Waals surface area contributed by atoms with Crippen LogP contribution in [0.5, 0.6) is 11.6 Å². The monoisotopic (exact) mass is 234 g/mol. The van der Waals surface area contributed by atoms with Gasteiger partial charge >= 0.3 is 0 Å². The summed E-state index contributed by atoms with van der Waals surface area (Å²) in [5.74, 6) is 1.24. The molecule has 0 fully saturated rings. The lowest BCUT2D eigenvalue weighted by Gasteiger charge is -2.07. The number of hydrogen-bond acceptors (Lipinski definition) is 3. The third-order valence-corrected chi connectivity index (χ3v) is 2.56. The maximum absolute atomic E-state index is 5.88. The van der Waals surface area contributed by atoms with Crippen molar-refractivity contribution < 1.29 is 4.74 Å². The minimum atomic E-state index is 0.414. The summed E-state index contributed by atoms with van der Waals surface area (Å²) in [6, 6.07) is 7.76. The zero-order valence-electron chi connectivity index (χ0n) is 9.07. The van der Waals surface area contributed by atoms with Gasteiger partial charge in [-0.2, -0.15) is 0 Å². The molecule has 0 radical (unpaired) electrons. The molecule has 0 aliphatic carbocycles. The minimum Gasteiger partial charge on any atom is -0.439 e. The number of ether oxygens (including phenoxy) is 1. The number of hydrogen-bond donors (Lipinski definition) is 0. The van der Waals surface area contributed by atoms with Crippen LogP contribution in [0, 0.1) is 13.8 Å². The van der Waals surface area contributed by atoms with Gasteiger partial charge in [0.25, 0.3) is 0 Å². The van der Waals surface area contributed by atoms with Gasteiger partial charge in [0, 0.05) is 5.56 Å². The number of aromatic nitrogens is 2. The Morgan fingerprint density at radius 1 is 1.19 bits per heavy atom. The van der Waals surface area contributed by atoms with Crippen LogP contribution in [0.2, 0.25) is 5.15 Å². The fourth-order valence-corrected chi connectivity index (χ4v) is 1.43. The van der Waals surface area contributed by atoms with E-state index in [0.717, 1.165) is 16.9 Å². The summed E-state index contributed by atoms with van der Waals surface area (Å²) in [7, 11) is 0. The molecule has 0 unspecified atom stereocenters. The van der Waals surface area contributed by atoms with Crippen molar-refractivity contribution in [3.8, 4) is 11.6 Å². The average molecular weight is 235 g/mol. The van der Waals surface area contributed by atoms with Crippen LogP contribution in [-0.2, 0) is 0 Å². The maximum atomic E-state index is 5.88. The molecule has 0 atom stereocenters. The Hall–Kier alpha value is -1.61. The fourth-order valence-electron chi connectivity index (χ4n) is 1.31. The van der Waals surface area contributed by atoms with Crippen molar-refractivity contribution in [3.63, 3.8) is 0 Å². The summed E-state index contributed by atoms with van der Waals surface area (Å²) in [5.41, 5.74) is 1.88. The summed E-state index contributed by atoms with van der Waals surface area (Å²) in [5, 5.41) is 0.414. The second-order valence-electron chi connectivity index (χ2n) is 3.51. The predicted octanol–water partition coefficient (Wildman–Crippen LogP) is 3.54. The van der Waals surface area contributed by atoms with Gasteiger partial charge in [0.1, 0.15) is 17.2 Å². The molecular weight excluding hydrogens is 224 g/mol. The van der Waals surface area contributed by atoms with E-state index in [1.165, 1.54) is 6.33 Å². The van der Waals surface area contributed by atoms with Crippen LogP contribution in [0.4, 0.5) is 0 Å². The zero-order chi connectivity index (χ0) is 11.5. The van der Waals surface area contributed by atoms with Crippen molar-refractivity contribution >= 4 is 11.6 Å². The molecule has 0 bridgehead atoms. The van der Waals surface area contributed by atoms with Crippen molar-refractivity contribution in [1.29, 1.82) is 0 Å². The highest BCUT2D eigenvalue weighted by Gasteiger charge is 2.06. The standard InChI is InChI=1S/C12H11ClN2O/c1-8-4-3-5-10(6-8)16-12-9(2)11(13)14-7-15-12/h3-7H,1-2H3. The molecule has 4 heteroatoms. The molecule has 2 rings (SSSR count). The molecule has 0 spiro atoms. The quantitative estimate of drug-likeness (QED) is 0.746. The Morgan fingerprint density at radius 3 is 2.75 bits per heavy atom. The third kappa shape index (κ3) is 2.31. The Labute approximate surface area is 99.1 Å². The Kier molecular flexibility index (Phi) is 3.06. The van der Waals surface area contributed by atoms with E-state index < -0.39 is 0 Å². The lowest BCUT2D eigenvalue weighted by atomic mass is 10.2. The first-order chi connectivity index (χ1) is 7.66. The molecule has 82 valence electrons. The molecule has 0 amide bonds. The van der Waals surface area contributed by atoms with Gasteiger partial charge < -0.3 is 4.74 Å². The van der Waals surface area contributed by atoms with E-state index in [1.54, 1.807) is 0 Å². The lowest BCUT2D eigenvalue weighted by Crippen LogP contribution is -1.93. The van der Waals surface area contributed by atoms with Crippen LogP contribution in [-0.4, -0.2) is 9.97 Å². The van der Waals surface area contributed by atoms with E-state index in [0.29, 0.717) is 11.0 Å². The smallest absolute Gasteiger partial charge is 0.226 e. The van der Waals surface area contributed by atoms with Crippen molar-refractivity contribution in [2.24, 2.45) is 0 Å². The summed E-state index contributed by atoms with van der Waals surface area (Å²) in [6.45, 7) is 3.83. The highest BCUT2D eigenvalue weighted by molar-refractivity contribution is 6.30. The Balaban J connectivity index is 2.31. The van der Waals surface area contributed by atoms with Gasteiger partial charge in [0.05, 0.1) is 0 Å². The molecule has 0 saturated heterocycles. The van der Waals surface area contributed by atoms with Gasteiger partial charge in [-0.25, -0.2) is 9.97 Å². The Morgan fingerprint density at radius 2 is 2.00 bits per heavy atom. The van der Waals surface area contributed by atoms with Crippen LogP contribution in [0.25, 0.3) is 0 Å². The third-order valence-electron chi connectivity index (χ3n) is 2.18. The molecule has 1 aromatic heterocycles. The largest absolute Gasteiger partial charge is 0.439 e. The minimum absolute atomic E-state index is 0.414. The van der Waals surface area contributed by atoms with E-state index in [-0.39, 0.29) is 0 Å². The number of halogens is 1. The number of aryl methyl sites for hydroxylation is 1. The van der Waals surface area contributed by atoms with Gasteiger partial charge in [-0.1, -0.05) is 23.7 Å². The van der Waals surface area contributed by atoms with E-state index >= 15 is 0 Å². The summed E-state index contributed by atoms with van der Waals surface area (Å²) >= 11 is 5.88. The summed E-state index contributed by atoms with van der Waals surface area (Å²) in [6.07, 6.45) is 1.39. The van der Waals surface area contributed by atoms with Gasteiger partial charge in [-0.3, -0.25) is 0 Å². The normalized spacial score (nSPS) is 10.2. The average Bonchev–Trinajstić information content (AvgIpc) is 2.25. The first-order valence-corrected chi connectivity index (χ1v) is 5.26. The van der Waals surface area contributed by atoms with Crippen molar-refractivity contribution in [2.75, 3.05) is 0 Å². The molecule has 2 aromatic rings. The number of rotatable bonds is 2. The molecule has 1 aromatic carbocycles. The lowest BCUT2D eigenvalue weighted by molar-refractivity contribution is 0.457. The molecule has 0 aliphatic heterocycles. The van der Waals surface area contributed by atoms with Gasteiger partial charge in [0.15, 0.2) is 0 Å². The first-order valence-electron chi connectivity index (χ1n) is 4.88. The van der Waals surface area contributed by atoms with Crippen LogP contribution in [0.15, 0.2) is 30.6 Å². The SMILES string of the molecule is Cc1cccc(Oc2ncnc(Cl)c2C)c1. The second kappa shape index (κ2) is 4.49. The van der Waals surface area contributed by atoms with Crippen molar-refractivity contribution in [1.82, 2.24) is 9.97 Å². The van der Waals surface area contributed by atoms with E-state index in [1.807, 2.05) is 38.1 Å². The van der Waals surface area contributed by atoms with Crippen molar-refractivity contribution in [2.45, 2.75) is 13.8 Å². The van der Waals surface area contributed by atoms with E-state index in [4.69, 9.17) is 16.3 Å². The first kappa shape index (κ1) is 10.9.